The summed E-state index contributed by atoms with van der Waals surface area (Å²) in [5.41, 5.74) is 9.38. The highest BCUT2D eigenvalue weighted by molar-refractivity contribution is 5.74. The predicted octanol–water partition coefficient (Wildman–Crippen LogP) is 3.11. The van der Waals surface area contributed by atoms with E-state index < -0.39 is 0 Å². The molecule has 2 N–H and O–H groups in total. The van der Waals surface area contributed by atoms with Crippen molar-refractivity contribution in [3.63, 3.8) is 0 Å². The number of aromatic nitrogens is 4. The van der Waals surface area contributed by atoms with E-state index in [1.807, 2.05) is 26.0 Å². The van der Waals surface area contributed by atoms with Crippen molar-refractivity contribution in [3.05, 3.63) is 42.0 Å². The zero-order valence-corrected chi connectivity index (χ0v) is 16.1. The lowest BCUT2D eigenvalue weighted by atomic mass is 9.93. The third-order valence-electron chi connectivity index (χ3n) is 4.23. The van der Waals surface area contributed by atoms with E-state index in [4.69, 9.17) is 15.7 Å². The Labute approximate surface area is 158 Å². The minimum atomic E-state index is -0.385. The van der Waals surface area contributed by atoms with Crippen LogP contribution in [0.1, 0.15) is 38.4 Å². The van der Waals surface area contributed by atoms with Crippen LogP contribution in [-0.4, -0.2) is 31.7 Å². The van der Waals surface area contributed by atoms with E-state index in [-0.39, 0.29) is 5.54 Å². The van der Waals surface area contributed by atoms with Crippen LogP contribution in [0.2, 0.25) is 0 Å². The van der Waals surface area contributed by atoms with Crippen LogP contribution in [0.4, 0.5) is 0 Å². The molecule has 3 aromatic heterocycles. The first kappa shape index (κ1) is 18.8. The molecule has 0 fully saturated rings. The number of rotatable bonds is 6. The second-order valence-corrected chi connectivity index (χ2v) is 7.60. The highest BCUT2D eigenvalue weighted by Crippen LogP contribution is 2.26. The van der Waals surface area contributed by atoms with E-state index >= 15 is 0 Å². The Hall–Kier alpha value is -2.98. The summed E-state index contributed by atoms with van der Waals surface area (Å²) < 4.78 is 7.52. The van der Waals surface area contributed by atoms with Crippen LogP contribution >= 0.6 is 0 Å². The fraction of sp³-hybridized carbons (Fsp3) is 0.400. The zero-order valence-electron chi connectivity index (χ0n) is 16.1. The first-order valence-corrected chi connectivity index (χ1v) is 8.92. The predicted molar refractivity (Wildman–Crippen MR) is 103 cm³/mol. The molecular weight excluding hydrogens is 340 g/mol. The third kappa shape index (κ3) is 4.23. The number of nitrogens with zero attached hydrogens (tertiary/aromatic N) is 5. The van der Waals surface area contributed by atoms with Gasteiger partial charge in [-0.2, -0.15) is 10.4 Å². The van der Waals surface area contributed by atoms with Gasteiger partial charge in [0.05, 0.1) is 34.9 Å². The van der Waals surface area contributed by atoms with Crippen molar-refractivity contribution in [3.8, 4) is 23.1 Å². The van der Waals surface area contributed by atoms with Crippen LogP contribution in [0, 0.1) is 24.2 Å². The molecular formula is C20H24N6O. The van der Waals surface area contributed by atoms with Crippen LogP contribution in [0.3, 0.4) is 0 Å². The normalized spacial score (nSPS) is 13.5. The van der Waals surface area contributed by atoms with Crippen molar-refractivity contribution in [1.82, 2.24) is 19.6 Å². The summed E-state index contributed by atoms with van der Waals surface area (Å²) >= 11 is 0. The summed E-state index contributed by atoms with van der Waals surface area (Å²) in [5, 5.41) is 13.2. The van der Waals surface area contributed by atoms with Crippen molar-refractivity contribution in [2.75, 3.05) is 6.61 Å². The van der Waals surface area contributed by atoms with Gasteiger partial charge in [-0.3, -0.25) is 0 Å². The number of nitrogens with two attached hydrogens (primary N) is 1. The molecule has 0 aliphatic rings. The Morgan fingerprint density at radius 3 is 2.78 bits per heavy atom. The topological polar surface area (TPSA) is 102 Å². The number of aryl methyl sites for hydroxylation is 1. The Bertz CT molecular complexity index is 999. The Morgan fingerprint density at radius 1 is 1.33 bits per heavy atom. The van der Waals surface area contributed by atoms with Crippen LogP contribution in [-0.2, 0) is 0 Å². The van der Waals surface area contributed by atoms with Gasteiger partial charge in [0.15, 0.2) is 5.65 Å². The molecule has 3 heterocycles. The van der Waals surface area contributed by atoms with Crippen molar-refractivity contribution >= 4 is 5.65 Å². The van der Waals surface area contributed by atoms with Gasteiger partial charge in [0.2, 0.25) is 0 Å². The summed E-state index contributed by atoms with van der Waals surface area (Å²) in [6, 6.07) is 5.84. The lowest BCUT2D eigenvalue weighted by Gasteiger charge is -2.26. The molecule has 0 radical (unpaired) electrons. The zero-order chi connectivity index (χ0) is 19.6. The fourth-order valence-electron chi connectivity index (χ4n) is 3.20. The smallest absolute Gasteiger partial charge is 0.164 e. The molecule has 140 valence electrons. The van der Waals surface area contributed by atoms with Crippen molar-refractivity contribution < 1.29 is 4.74 Å². The summed E-state index contributed by atoms with van der Waals surface area (Å²) in [7, 11) is 0. The molecule has 7 heteroatoms. The fourth-order valence-corrected chi connectivity index (χ4v) is 3.20. The maximum absolute atomic E-state index is 8.98. The largest absolute Gasteiger partial charge is 0.490 e. The van der Waals surface area contributed by atoms with Crippen LogP contribution < -0.4 is 10.5 Å². The number of hydrogen-bond donors (Lipinski definition) is 1. The molecule has 0 bridgehead atoms. The molecule has 0 aliphatic heterocycles. The summed E-state index contributed by atoms with van der Waals surface area (Å²) in [5.74, 6) is 1.23. The maximum Gasteiger partial charge on any atom is 0.164 e. The van der Waals surface area contributed by atoms with Gasteiger partial charge in [-0.25, -0.2) is 14.5 Å². The highest BCUT2D eigenvalue weighted by atomic mass is 16.5. The van der Waals surface area contributed by atoms with Crippen LogP contribution in [0.25, 0.3) is 16.9 Å². The Morgan fingerprint density at radius 2 is 2.11 bits per heavy atom. The maximum atomic E-state index is 8.98. The first-order chi connectivity index (χ1) is 12.8. The molecule has 3 aromatic rings. The molecule has 0 aliphatic carbocycles. The number of hydrogen-bond acceptors (Lipinski definition) is 6. The summed E-state index contributed by atoms with van der Waals surface area (Å²) in [6.07, 6.45) is 5.76. The summed E-state index contributed by atoms with van der Waals surface area (Å²) in [6.45, 7) is 8.64. The number of pyridine rings is 1. The molecule has 1 atom stereocenters. The molecule has 0 aromatic carbocycles. The number of fused-ring (bicyclic) bond motifs is 1. The number of nitriles is 1. The lowest BCUT2D eigenvalue weighted by Crippen LogP contribution is -2.43. The monoisotopic (exact) mass is 364 g/mol. The van der Waals surface area contributed by atoms with E-state index in [1.165, 1.54) is 6.20 Å². The van der Waals surface area contributed by atoms with E-state index in [0.717, 1.165) is 29.1 Å². The Kier molecular flexibility index (Phi) is 5.10. The van der Waals surface area contributed by atoms with E-state index in [1.54, 1.807) is 16.9 Å². The molecule has 0 spiro atoms. The van der Waals surface area contributed by atoms with Crippen LogP contribution in [0.5, 0.6) is 5.75 Å². The molecule has 0 unspecified atom stereocenters. The van der Waals surface area contributed by atoms with Gasteiger partial charge in [-0.1, -0.05) is 13.8 Å². The van der Waals surface area contributed by atoms with Gasteiger partial charge < -0.3 is 10.5 Å². The lowest BCUT2D eigenvalue weighted by molar-refractivity contribution is 0.205. The summed E-state index contributed by atoms with van der Waals surface area (Å²) in [4.78, 5) is 8.97. The first-order valence-electron chi connectivity index (χ1n) is 8.92. The molecule has 27 heavy (non-hydrogen) atoms. The standard InChI is InChI=1S/C20H24N6O/c1-13(2)7-20(4,22)12-27-18-6-5-17(25-14(18)3)16-10-24-26-11-15(8-21)9-23-19(16)26/h5-6,9-11,13H,7,12,22H2,1-4H3/t20-/m0/s1. The van der Waals surface area contributed by atoms with E-state index in [2.05, 4.69) is 35.0 Å². The van der Waals surface area contributed by atoms with Crippen molar-refractivity contribution in [1.29, 1.82) is 5.26 Å². The minimum absolute atomic E-state index is 0.385. The molecule has 0 saturated heterocycles. The Balaban J connectivity index is 1.82. The van der Waals surface area contributed by atoms with Gasteiger partial charge >= 0.3 is 0 Å². The van der Waals surface area contributed by atoms with E-state index in [0.29, 0.717) is 23.7 Å². The third-order valence-corrected chi connectivity index (χ3v) is 4.23. The molecule has 0 amide bonds. The van der Waals surface area contributed by atoms with Gasteiger partial charge in [0, 0.05) is 11.7 Å². The number of ether oxygens (including phenoxy) is 1. The highest BCUT2D eigenvalue weighted by Gasteiger charge is 2.21. The van der Waals surface area contributed by atoms with Crippen molar-refractivity contribution in [2.24, 2.45) is 11.7 Å². The van der Waals surface area contributed by atoms with E-state index in [9.17, 15) is 0 Å². The average molecular weight is 364 g/mol. The van der Waals surface area contributed by atoms with Gasteiger partial charge in [0.1, 0.15) is 18.4 Å². The van der Waals surface area contributed by atoms with Crippen LogP contribution in [0.15, 0.2) is 30.7 Å². The molecule has 3 rings (SSSR count). The molecule has 0 saturated carbocycles. The second-order valence-electron chi connectivity index (χ2n) is 7.60. The van der Waals surface area contributed by atoms with Gasteiger partial charge in [0.25, 0.3) is 0 Å². The second kappa shape index (κ2) is 7.33. The SMILES string of the molecule is Cc1nc(-c2cnn3cc(C#N)cnc23)ccc1OC[C@@](C)(N)CC(C)C. The van der Waals surface area contributed by atoms with Crippen molar-refractivity contribution in [2.45, 2.75) is 39.7 Å². The molecule has 7 nitrogen and oxygen atoms in total. The quantitative estimate of drug-likeness (QED) is 0.721. The van der Waals surface area contributed by atoms with Gasteiger partial charge in [-0.15, -0.1) is 0 Å². The average Bonchev–Trinajstić information content (AvgIpc) is 3.02. The van der Waals surface area contributed by atoms with Gasteiger partial charge in [-0.05, 0) is 38.3 Å². The minimum Gasteiger partial charge on any atom is -0.490 e.